The highest BCUT2D eigenvalue weighted by molar-refractivity contribution is 7.11. The lowest BCUT2D eigenvalue weighted by Crippen LogP contribution is -2.39. The molecule has 1 aliphatic rings. The normalized spacial score (nSPS) is 19.8. The predicted molar refractivity (Wildman–Crippen MR) is 75.4 cm³/mol. The number of rotatable bonds is 5. The number of amides is 1. The first-order valence-corrected chi connectivity index (χ1v) is 7.38. The molecule has 0 bridgehead atoms. The first kappa shape index (κ1) is 14.4. The molecule has 0 N–H and O–H groups in total. The second-order valence-electron chi connectivity index (χ2n) is 5.02. The lowest BCUT2D eigenvalue weighted by Gasteiger charge is -2.25. The van der Waals surface area contributed by atoms with Crippen molar-refractivity contribution in [3.8, 4) is 0 Å². The van der Waals surface area contributed by atoms with E-state index in [0.29, 0.717) is 17.5 Å². The second kappa shape index (κ2) is 6.45. The molecule has 1 aromatic heterocycles. The van der Waals surface area contributed by atoms with Crippen molar-refractivity contribution in [1.29, 1.82) is 0 Å². The van der Waals surface area contributed by atoms with E-state index in [2.05, 4.69) is 16.9 Å². The first-order chi connectivity index (χ1) is 9.13. The molecule has 1 aliphatic heterocycles. The minimum absolute atomic E-state index is 0.0508. The molecule has 6 heteroatoms. The summed E-state index contributed by atoms with van der Waals surface area (Å²) in [7, 11) is 5.61. The van der Waals surface area contributed by atoms with E-state index in [9.17, 15) is 4.79 Å². The van der Waals surface area contributed by atoms with Crippen LogP contribution in [0.4, 0.5) is 0 Å². The van der Waals surface area contributed by atoms with Crippen LogP contribution in [0.3, 0.4) is 0 Å². The van der Waals surface area contributed by atoms with E-state index in [0.717, 1.165) is 18.8 Å². The Balaban J connectivity index is 2.00. The number of aromatic nitrogens is 1. The van der Waals surface area contributed by atoms with Gasteiger partial charge in [0, 0.05) is 26.7 Å². The van der Waals surface area contributed by atoms with Crippen LogP contribution in [0.2, 0.25) is 0 Å². The third-order valence-corrected chi connectivity index (χ3v) is 4.48. The number of carbonyl (C=O) groups excluding carboxylic acids is 1. The standard InChI is InChI=1S/C13H21N3O2S/c1-15-6-4-5-10(15)7-16(2)13(17)12-11(8-18-3)14-9-19-12/h9-10H,4-8H2,1-3H3. The molecule has 19 heavy (non-hydrogen) atoms. The van der Waals surface area contributed by atoms with Crippen LogP contribution >= 0.6 is 11.3 Å². The molecule has 106 valence electrons. The van der Waals surface area contributed by atoms with Gasteiger partial charge in [-0.3, -0.25) is 4.79 Å². The number of thiazole rings is 1. The van der Waals surface area contributed by atoms with Crippen LogP contribution in [-0.4, -0.2) is 61.0 Å². The van der Waals surface area contributed by atoms with Gasteiger partial charge in [-0.15, -0.1) is 11.3 Å². The Morgan fingerprint density at radius 1 is 1.68 bits per heavy atom. The molecule has 1 atom stereocenters. The molecule has 1 saturated heterocycles. The Labute approximate surface area is 118 Å². The van der Waals surface area contributed by atoms with Gasteiger partial charge in [-0.2, -0.15) is 0 Å². The number of methoxy groups -OCH3 is 1. The molecule has 0 radical (unpaired) electrons. The van der Waals surface area contributed by atoms with Crippen molar-refractivity contribution in [3.63, 3.8) is 0 Å². The average Bonchev–Trinajstić information content (AvgIpc) is 2.99. The zero-order chi connectivity index (χ0) is 13.8. The van der Waals surface area contributed by atoms with Crippen LogP contribution in [0.25, 0.3) is 0 Å². The van der Waals surface area contributed by atoms with Gasteiger partial charge >= 0.3 is 0 Å². The van der Waals surface area contributed by atoms with Crippen LogP contribution in [0.5, 0.6) is 0 Å². The highest BCUT2D eigenvalue weighted by Crippen LogP contribution is 2.19. The summed E-state index contributed by atoms with van der Waals surface area (Å²) in [5, 5.41) is 0. The molecule has 5 nitrogen and oxygen atoms in total. The quantitative estimate of drug-likeness (QED) is 0.820. The molecule has 2 heterocycles. The molecule has 1 aromatic rings. The van der Waals surface area contributed by atoms with Gasteiger partial charge in [-0.05, 0) is 26.4 Å². The van der Waals surface area contributed by atoms with Gasteiger partial charge in [0.15, 0.2) is 0 Å². The maximum atomic E-state index is 12.4. The van der Waals surface area contributed by atoms with Gasteiger partial charge in [-0.25, -0.2) is 4.98 Å². The Hall–Kier alpha value is -0.980. The summed E-state index contributed by atoms with van der Waals surface area (Å²) in [6.07, 6.45) is 2.39. The summed E-state index contributed by atoms with van der Waals surface area (Å²) < 4.78 is 5.07. The fourth-order valence-electron chi connectivity index (χ4n) is 2.47. The summed E-state index contributed by atoms with van der Waals surface area (Å²) in [5.41, 5.74) is 2.45. The van der Waals surface area contributed by atoms with Crippen molar-refractivity contribution in [2.75, 3.05) is 34.3 Å². The van der Waals surface area contributed by atoms with E-state index in [-0.39, 0.29) is 5.91 Å². The van der Waals surface area contributed by atoms with Crippen molar-refractivity contribution < 1.29 is 9.53 Å². The molecule has 2 rings (SSSR count). The zero-order valence-corrected chi connectivity index (χ0v) is 12.6. The van der Waals surface area contributed by atoms with Crippen LogP contribution < -0.4 is 0 Å². The molecule has 0 saturated carbocycles. The largest absolute Gasteiger partial charge is 0.378 e. The van der Waals surface area contributed by atoms with Crippen molar-refractivity contribution in [2.45, 2.75) is 25.5 Å². The van der Waals surface area contributed by atoms with Gasteiger partial charge in [-0.1, -0.05) is 0 Å². The Kier molecular flexibility index (Phi) is 4.90. The molecule has 1 unspecified atom stereocenters. The zero-order valence-electron chi connectivity index (χ0n) is 11.8. The smallest absolute Gasteiger partial charge is 0.265 e. The molecule has 0 aliphatic carbocycles. The predicted octanol–water partition coefficient (Wildman–Crippen LogP) is 1.46. The van der Waals surface area contributed by atoms with Gasteiger partial charge < -0.3 is 14.5 Å². The summed E-state index contributed by atoms with van der Waals surface area (Å²) in [6, 6.07) is 0.479. The minimum atomic E-state index is 0.0508. The number of likely N-dealkylation sites (N-methyl/N-ethyl adjacent to an activating group) is 2. The van der Waals surface area contributed by atoms with E-state index < -0.39 is 0 Å². The van der Waals surface area contributed by atoms with Crippen molar-refractivity contribution in [3.05, 3.63) is 16.1 Å². The Morgan fingerprint density at radius 2 is 2.47 bits per heavy atom. The molecule has 1 amide bonds. The van der Waals surface area contributed by atoms with Crippen molar-refractivity contribution >= 4 is 17.2 Å². The van der Waals surface area contributed by atoms with Gasteiger partial charge in [0.2, 0.25) is 0 Å². The fourth-order valence-corrected chi connectivity index (χ4v) is 3.25. The average molecular weight is 283 g/mol. The van der Waals surface area contributed by atoms with Crippen LogP contribution in [0, 0.1) is 0 Å². The van der Waals surface area contributed by atoms with Crippen molar-refractivity contribution in [2.24, 2.45) is 0 Å². The van der Waals surface area contributed by atoms with Crippen LogP contribution in [-0.2, 0) is 11.3 Å². The molecule has 0 aromatic carbocycles. The number of ether oxygens (including phenoxy) is 1. The Bertz CT molecular complexity index is 435. The van der Waals surface area contributed by atoms with E-state index in [1.165, 1.54) is 24.2 Å². The third-order valence-electron chi connectivity index (χ3n) is 3.62. The monoisotopic (exact) mass is 283 g/mol. The summed E-state index contributed by atoms with van der Waals surface area (Å²) in [6.45, 7) is 2.30. The fraction of sp³-hybridized carbons (Fsp3) is 0.692. The highest BCUT2D eigenvalue weighted by atomic mass is 32.1. The number of hydrogen-bond donors (Lipinski definition) is 0. The molecular weight excluding hydrogens is 262 g/mol. The third kappa shape index (κ3) is 3.32. The van der Waals surface area contributed by atoms with Crippen LogP contribution in [0.1, 0.15) is 28.2 Å². The van der Waals surface area contributed by atoms with Crippen molar-refractivity contribution in [1.82, 2.24) is 14.8 Å². The van der Waals surface area contributed by atoms with E-state index in [4.69, 9.17) is 4.74 Å². The van der Waals surface area contributed by atoms with Gasteiger partial charge in [0.1, 0.15) is 4.88 Å². The highest BCUT2D eigenvalue weighted by Gasteiger charge is 2.25. The maximum absolute atomic E-state index is 12.4. The summed E-state index contributed by atoms with van der Waals surface area (Å²) in [4.78, 5) is 21.4. The minimum Gasteiger partial charge on any atom is -0.378 e. The van der Waals surface area contributed by atoms with Gasteiger partial charge in [0.25, 0.3) is 5.91 Å². The summed E-state index contributed by atoms with van der Waals surface area (Å²) >= 11 is 1.39. The van der Waals surface area contributed by atoms with E-state index >= 15 is 0 Å². The topological polar surface area (TPSA) is 45.7 Å². The number of carbonyl (C=O) groups is 1. The van der Waals surface area contributed by atoms with E-state index in [1.807, 2.05) is 7.05 Å². The number of likely N-dealkylation sites (tertiary alicyclic amines) is 1. The second-order valence-corrected chi connectivity index (χ2v) is 5.88. The number of nitrogens with zero attached hydrogens (tertiary/aromatic N) is 3. The molecular formula is C13H21N3O2S. The molecule has 1 fully saturated rings. The van der Waals surface area contributed by atoms with Crippen LogP contribution in [0.15, 0.2) is 5.51 Å². The lowest BCUT2D eigenvalue weighted by atomic mass is 10.2. The number of hydrogen-bond acceptors (Lipinski definition) is 5. The Morgan fingerprint density at radius 3 is 3.11 bits per heavy atom. The SMILES string of the molecule is COCc1ncsc1C(=O)N(C)CC1CCCN1C. The lowest BCUT2D eigenvalue weighted by molar-refractivity contribution is 0.0761. The molecule has 0 spiro atoms. The first-order valence-electron chi connectivity index (χ1n) is 6.50. The summed E-state index contributed by atoms with van der Waals surface area (Å²) in [5.74, 6) is 0.0508. The maximum Gasteiger partial charge on any atom is 0.265 e. The van der Waals surface area contributed by atoms with E-state index in [1.54, 1.807) is 17.5 Å². The van der Waals surface area contributed by atoms with Gasteiger partial charge in [0.05, 0.1) is 17.8 Å².